The summed E-state index contributed by atoms with van der Waals surface area (Å²) in [7, 11) is 5.70. The van der Waals surface area contributed by atoms with Crippen LogP contribution in [-0.2, 0) is 7.05 Å². The normalized spacial score (nSPS) is 12.9. The average Bonchev–Trinajstić information content (AvgIpc) is 2.68. The lowest BCUT2D eigenvalue weighted by atomic mass is 10.0. The maximum Gasteiger partial charge on any atom is 0.169 e. The Hall–Kier alpha value is -1.72. The van der Waals surface area contributed by atoms with Gasteiger partial charge in [0.25, 0.3) is 0 Å². The fraction of sp³-hybridized carbons (Fsp3) is 0.357. The Balaban J connectivity index is 2.24. The van der Waals surface area contributed by atoms with Crippen LogP contribution < -0.4 is 5.73 Å². The standard InChI is InChI=1S/C14H19FN4/c1-18(2)9-13(16)10-4-6-11(7-5-10)14-12(15)8-17-19(14)3/h4-8,13H,9,16H2,1-3H3/t13-/m0/s1. The van der Waals surface area contributed by atoms with Crippen molar-refractivity contribution in [1.29, 1.82) is 0 Å². The van der Waals surface area contributed by atoms with Crippen LogP contribution in [-0.4, -0.2) is 35.3 Å². The molecule has 1 atom stereocenters. The van der Waals surface area contributed by atoms with Gasteiger partial charge in [-0.25, -0.2) is 4.39 Å². The van der Waals surface area contributed by atoms with Gasteiger partial charge < -0.3 is 10.6 Å². The van der Waals surface area contributed by atoms with Gasteiger partial charge in [-0.05, 0) is 19.7 Å². The van der Waals surface area contributed by atoms with E-state index in [2.05, 4.69) is 5.10 Å². The van der Waals surface area contributed by atoms with E-state index in [0.29, 0.717) is 5.69 Å². The quantitative estimate of drug-likeness (QED) is 0.913. The molecule has 102 valence electrons. The van der Waals surface area contributed by atoms with E-state index in [1.807, 2.05) is 43.3 Å². The molecule has 2 aromatic rings. The molecule has 0 aliphatic carbocycles. The maximum absolute atomic E-state index is 13.6. The average molecular weight is 262 g/mol. The van der Waals surface area contributed by atoms with Crippen molar-refractivity contribution >= 4 is 0 Å². The summed E-state index contributed by atoms with van der Waals surface area (Å²) in [6.45, 7) is 0.777. The molecule has 0 saturated heterocycles. The molecule has 4 nitrogen and oxygen atoms in total. The monoisotopic (exact) mass is 262 g/mol. The van der Waals surface area contributed by atoms with Crippen LogP contribution in [0.25, 0.3) is 11.3 Å². The van der Waals surface area contributed by atoms with Gasteiger partial charge in [0, 0.05) is 25.2 Å². The van der Waals surface area contributed by atoms with Crippen molar-refractivity contribution < 1.29 is 4.39 Å². The molecule has 0 unspecified atom stereocenters. The zero-order valence-corrected chi connectivity index (χ0v) is 11.5. The van der Waals surface area contributed by atoms with Crippen LogP contribution in [0.1, 0.15) is 11.6 Å². The number of nitrogens with zero attached hydrogens (tertiary/aromatic N) is 3. The van der Waals surface area contributed by atoms with Gasteiger partial charge in [0.05, 0.1) is 6.20 Å². The molecule has 5 heteroatoms. The van der Waals surface area contributed by atoms with Gasteiger partial charge in [-0.2, -0.15) is 5.10 Å². The summed E-state index contributed by atoms with van der Waals surface area (Å²) in [6, 6.07) is 7.60. The molecule has 1 aromatic heterocycles. The molecule has 0 fully saturated rings. The second-order valence-corrected chi connectivity index (χ2v) is 4.96. The number of aromatic nitrogens is 2. The van der Waals surface area contributed by atoms with Gasteiger partial charge in [-0.3, -0.25) is 4.68 Å². The van der Waals surface area contributed by atoms with Gasteiger partial charge >= 0.3 is 0 Å². The van der Waals surface area contributed by atoms with Crippen LogP contribution in [0.2, 0.25) is 0 Å². The molecular formula is C14H19FN4. The van der Waals surface area contributed by atoms with Crippen molar-refractivity contribution in [3.63, 3.8) is 0 Å². The van der Waals surface area contributed by atoms with Crippen molar-refractivity contribution in [2.24, 2.45) is 12.8 Å². The SMILES string of the molecule is CN(C)C[C@H](N)c1ccc(-c2c(F)cnn2C)cc1. The van der Waals surface area contributed by atoms with Gasteiger partial charge in [0.15, 0.2) is 5.82 Å². The lowest BCUT2D eigenvalue weighted by Crippen LogP contribution is -2.25. The molecule has 0 aliphatic heterocycles. The summed E-state index contributed by atoms with van der Waals surface area (Å²) >= 11 is 0. The van der Waals surface area contributed by atoms with Crippen LogP contribution in [0.5, 0.6) is 0 Å². The summed E-state index contributed by atoms with van der Waals surface area (Å²) in [5, 5.41) is 3.90. The third-order valence-corrected chi connectivity index (χ3v) is 3.07. The van der Waals surface area contributed by atoms with Crippen LogP contribution in [0.4, 0.5) is 4.39 Å². The highest BCUT2D eigenvalue weighted by Crippen LogP contribution is 2.23. The number of rotatable bonds is 4. The summed E-state index contributed by atoms with van der Waals surface area (Å²) in [4.78, 5) is 2.04. The number of likely N-dealkylation sites (N-methyl/N-ethyl adjacent to an activating group) is 1. The Morgan fingerprint density at radius 1 is 1.32 bits per heavy atom. The predicted molar refractivity (Wildman–Crippen MR) is 74.1 cm³/mol. The molecule has 0 bridgehead atoms. The third-order valence-electron chi connectivity index (χ3n) is 3.07. The van der Waals surface area contributed by atoms with Crippen molar-refractivity contribution in [3.8, 4) is 11.3 Å². The molecule has 2 N–H and O–H groups in total. The summed E-state index contributed by atoms with van der Waals surface area (Å²) in [5.41, 5.74) is 8.43. The van der Waals surface area contributed by atoms with Crippen LogP contribution in [0.15, 0.2) is 30.5 Å². The second-order valence-electron chi connectivity index (χ2n) is 4.96. The van der Waals surface area contributed by atoms with Crippen molar-refractivity contribution in [2.75, 3.05) is 20.6 Å². The Morgan fingerprint density at radius 3 is 2.42 bits per heavy atom. The van der Waals surface area contributed by atoms with Crippen molar-refractivity contribution in [1.82, 2.24) is 14.7 Å². The third kappa shape index (κ3) is 3.00. The first-order valence-corrected chi connectivity index (χ1v) is 6.17. The molecule has 1 aromatic carbocycles. The van der Waals surface area contributed by atoms with E-state index in [-0.39, 0.29) is 11.9 Å². The number of aryl methyl sites for hydroxylation is 1. The first kappa shape index (κ1) is 13.7. The number of nitrogens with two attached hydrogens (primary N) is 1. The van der Waals surface area contributed by atoms with Crippen LogP contribution in [0, 0.1) is 5.82 Å². The van der Waals surface area contributed by atoms with E-state index >= 15 is 0 Å². The van der Waals surface area contributed by atoms with E-state index in [1.165, 1.54) is 10.9 Å². The van der Waals surface area contributed by atoms with Crippen molar-refractivity contribution in [2.45, 2.75) is 6.04 Å². The number of benzene rings is 1. The predicted octanol–water partition coefficient (Wildman–Crippen LogP) is 1.79. The topological polar surface area (TPSA) is 47.1 Å². The van der Waals surface area contributed by atoms with Gasteiger partial charge in [0.1, 0.15) is 5.69 Å². The highest BCUT2D eigenvalue weighted by atomic mass is 19.1. The summed E-state index contributed by atoms with van der Waals surface area (Å²) < 4.78 is 15.1. The fourth-order valence-electron chi connectivity index (χ4n) is 2.12. The summed E-state index contributed by atoms with van der Waals surface area (Å²) in [6.07, 6.45) is 1.22. The minimum Gasteiger partial charge on any atom is -0.323 e. The largest absolute Gasteiger partial charge is 0.323 e. The van der Waals surface area contributed by atoms with Gasteiger partial charge in [-0.1, -0.05) is 24.3 Å². The molecule has 0 radical (unpaired) electrons. The molecule has 0 spiro atoms. The second kappa shape index (κ2) is 5.50. The zero-order chi connectivity index (χ0) is 14.0. The smallest absolute Gasteiger partial charge is 0.169 e. The first-order chi connectivity index (χ1) is 8.99. The van der Waals surface area contributed by atoms with E-state index in [4.69, 9.17) is 5.73 Å². The Morgan fingerprint density at radius 2 is 1.95 bits per heavy atom. The zero-order valence-electron chi connectivity index (χ0n) is 11.5. The summed E-state index contributed by atoms with van der Waals surface area (Å²) in [5.74, 6) is -0.312. The number of hydrogen-bond donors (Lipinski definition) is 1. The number of hydrogen-bond acceptors (Lipinski definition) is 3. The van der Waals surface area contributed by atoms with Crippen LogP contribution in [0.3, 0.4) is 0 Å². The van der Waals surface area contributed by atoms with E-state index < -0.39 is 0 Å². The molecule has 1 heterocycles. The highest BCUT2D eigenvalue weighted by Gasteiger charge is 2.12. The molecule has 0 saturated carbocycles. The highest BCUT2D eigenvalue weighted by molar-refractivity contribution is 5.60. The molecular weight excluding hydrogens is 243 g/mol. The molecule has 19 heavy (non-hydrogen) atoms. The Kier molecular flexibility index (Phi) is 3.97. The van der Waals surface area contributed by atoms with Crippen molar-refractivity contribution in [3.05, 3.63) is 41.8 Å². The molecule has 0 amide bonds. The fourth-order valence-corrected chi connectivity index (χ4v) is 2.12. The molecule has 0 aliphatic rings. The first-order valence-electron chi connectivity index (χ1n) is 6.17. The maximum atomic E-state index is 13.6. The van der Waals surface area contributed by atoms with Gasteiger partial charge in [-0.15, -0.1) is 0 Å². The lowest BCUT2D eigenvalue weighted by Gasteiger charge is -2.17. The Labute approximate surface area is 112 Å². The molecule has 2 rings (SSSR count). The minimum absolute atomic E-state index is 0.0413. The van der Waals surface area contributed by atoms with E-state index in [1.54, 1.807) is 7.05 Å². The van der Waals surface area contributed by atoms with Gasteiger partial charge in [0.2, 0.25) is 0 Å². The van der Waals surface area contributed by atoms with E-state index in [0.717, 1.165) is 17.7 Å². The number of halogens is 1. The lowest BCUT2D eigenvalue weighted by molar-refractivity contribution is 0.376. The minimum atomic E-state index is -0.312. The van der Waals surface area contributed by atoms with E-state index in [9.17, 15) is 4.39 Å². The Bertz CT molecular complexity index is 526. The van der Waals surface area contributed by atoms with Crippen LogP contribution >= 0.6 is 0 Å².